The molecule has 1 heterocycles. The molecular weight excluding hydrogens is 453 g/mol. The first kappa shape index (κ1) is 20.9. The first-order valence-corrected chi connectivity index (χ1v) is 9.32. The van der Waals surface area contributed by atoms with E-state index in [1.165, 1.54) is 25.1 Å². The highest BCUT2D eigenvalue weighted by Crippen LogP contribution is 2.36. The Morgan fingerprint density at radius 2 is 1.83 bits per heavy atom. The lowest BCUT2D eigenvalue weighted by molar-refractivity contribution is -0.139. The number of amides is 1. The van der Waals surface area contributed by atoms with Crippen LogP contribution in [0.5, 0.6) is 0 Å². The summed E-state index contributed by atoms with van der Waals surface area (Å²) in [5.41, 5.74) is 0.374. The van der Waals surface area contributed by atoms with Gasteiger partial charge in [-0.3, -0.25) is 5.32 Å². The average molecular weight is 469 g/mol. The molecule has 29 heavy (non-hydrogen) atoms. The van der Waals surface area contributed by atoms with Crippen molar-refractivity contribution >= 4 is 27.7 Å². The molecule has 1 atom stereocenters. The zero-order valence-electron chi connectivity index (χ0n) is 15.4. The van der Waals surface area contributed by atoms with Crippen LogP contribution in [0.1, 0.15) is 29.8 Å². The highest BCUT2D eigenvalue weighted by Gasteiger charge is 2.35. The molecule has 0 aliphatic carbocycles. The van der Waals surface area contributed by atoms with E-state index >= 15 is 0 Å². The quantitative estimate of drug-likeness (QED) is 0.460. The molecule has 0 bridgehead atoms. The third kappa shape index (κ3) is 4.79. The molecule has 0 radical (unpaired) electrons. The van der Waals surface area contributed by atoms with Crippen molar-refractivity contribution in [1.82, 2.24) is 5.16 Å². The predicted molar refractivity (Wildman–Crippen MR) is 104 cm³/mol. The van der Waals surface area contributed by atoms with Gasteiger partial charge in [0.15, 0.2) is 5.76 Å². The van der Waals surface area contributed by atoms with Gasteiger partial charge < -0.3 is 9.26 Å². The number of hydrogen-bond acceptors (Lipinski definition) is 4. The van der Waals surface area contributed by atoms with Crippen molar-refractivity contribution in [3.05, 3.63) is 69.8 Å². The molecule has 0 saturated carbocycles. The molecule has 0 aliphatic rings. The molecule has 3 rings (SSSR count). The van der Waals surface area contributed by atoms with Gasteiger partial charge in [0.2, 0.25) is 0 Å². The van der Waals surface area contributed by atoms with Gasteiger partial charge in [-0.15, -0.1) is 0 Å². The van der Waals surface area contributed by atoms with E-state index in [4.69, 9.17) is 9.26 Å². The van der Waals surface area contributed by atoms with E-state index < -0.39 is 23.9 Å². The number of alkyl halides is 3. The molecule has 1 amide bonds. The lowest BCUT2D eigenvalue weighted by atomic mass is 10.0. The maximum atomic E-state index is 13.2. The molecule has 0 aliphatic heterocycles. The molecule has 9 heteroatoms. The fourth-order valence-corrected chi connectivity index (χ4v) is 3.04. The van der Waals surface area contributed by atoms with E-state index in [9.17, 15) is 18.0 Å². The topological polar surface area (TPSA) is 64.4 Å². The number of carbonyl (C=O) groups is 1. The Bertz CT molecular complexity index is 1020. The van der Waals surface area contributed by atoms with Crippen LogP contribution in [0.25, 0.3) is 11.3 Å². The summed E-state index contributed by atoms with van der Waals surface area (Å²) >= 11 is 3.33. The second kappa shape index (κ2) is 8.28. The zero-order chi connectivity index (χ0) is 21.2. The summed E-state index contributed by atoms with van der Waals surface area (Å²) < 4.78 is 50.9. The van der Waals surface area contributed by atoms with Gasteiger partial charge in [0.1, 0.15) is 17.5 Å². The van der Waals surface area contributed by atoms with Gasteiger partial charge in [0.05, 0.1) is 5.56 Å². The first-order chi connectivity index (χ1) is 13.7. The highest BCUT2D eigenvalue weighted by molar-refractivity contribution is 9.10. The molecule has 0 saturated heterocycles. The summed E-state index contributed by atoms with van der Waals surface area (Å²) in [6.45, 7) is 3.00. The van der Waals surface area contributed by atoms with Crippen LogP contribution < -0.4 is 5.32 Å². The monoisotopic (exact) mass is 468 g/mol. The van der Waals surface area contributed by atoms with Gasteiger partial charge in [-0.2, -0.15) is 13.2 Å². The maximum Gasteiger partial charge on any atom is 0.416 e. The van der Waals surface area contributed by atoms with E-state index in [2.05, 4.69) is 26.4 Å². The summed E-state index contributed by atoms with van der Waals surface area (Å²) in [6, 6.07) is 12.1. The lowest BCUT2D eigenvalue weighted by Gasteiger charge is -2.19. The second-order valence-electron chi connectivity index (χ2n) is 6.24. The van der Waals surface area contributed by atoms with Gasteiger partial charge in [0.25, 0.3) is 0 Å². The van der Waals surface area contributed by atoms with Crippen molar-refractivity contribution in [2.75, 3.05) is 5.32 Å². The SMILES string of the molecule is Cc1noc(-c2ccc(Br)cc2)c1NC(=O)OC(C)c1ccccc1C(F)(F)F. The van der Waals surface area contributed by atoms with Gasteiger partial charge in [-0.1, -0.05) is 39.3 Å². The fraction of sp³-hybridized carbons (Fsp3) is 0.200. The average Bonchev–Trinajstić information content (AvgIpc) is 3.02. The van der Waals surface area contributed by atoms with Crippen molar-refractivity contribution in [3.63, 3.8) is 0 Å². The zero-order valence-corrected chi connectivity index (χ0v) is 17.0. The van der Waals surface area contributed by atoms with E-state index in [0.29, 0.717) is 17.0 Å². The Labute approximate surface area is 173 Å². The summed E-state index contributed by atoms with van der Waals surface area (Å²) in [4.78, 5) is 12.4. The van der Waals surface area contributed by atoms with Crippen LogP contribution in [0.4, 0.5) is 23.7 Å². The summed E-state index contributed by atoms with van der Waals surface area (Å²) in [5, 5.41) is 6.37. The molecule has 5 nitrogen and oxygen atoms in total. The Balaban J connectivity index is 1.79. The standard InChI is InChI=1S/C20H16BrF3N2O3/c1-11-17(18(29-26-11)13-7-9-14(21)10-8-13)25-19(27)28-12(2)15-5-3-4-6-16(15)20(22,23)24/h3-10,12H,1-2H3,(H,25,27). The smallest absolute Gasteiger partial charge is 0.416 e. The highest BCUT2D eigenvalue weighted by atomic mass is 79.9. The van der Waals surface area contributed by atoms with Gasteiger partial charge in [-0.05, 0) is 44.2 Å². The minimum Gasteiger partial charge on any atom is -0.441 e. The summed E-state index contributed by atoms with van der Waals surface area (Å²) in [7, 11) is 0. The minimum atomic E-state index is -4.55. The van der Waals surface area contributed by atoms with Crippen LogP contribution in [0.3, 0.4) is 0 Å². The van der Waals surface area contributed by atoms with Crippen molar-refractivity contribution in [2.24, 2.45) is 0 Å². The van der Waals surface area contributed by atoms with Crippen LogP contribution in [-0.2, 0) is 10.9 Å². The third-order valence-corrected chi connectivity index (χ3v) is 4.71. The van der Waals surface area contributed by atoms with Gasteiger partial charge in [-0.25, -0.2) is 4.79 Å². The van der Waals surface area contributed by atoms with Crippen LogP contribution in [0, 0.1) is 6.92 Å². The normalized spacial score (nSPS) is 12.5. The molecule has 152 valence electrons. The van der Waals surface area contributed by atoms with Gasteiger partial charge in [0, 0.05) is 15.6 Å². The number of ether oxygens (including phenoxy) is 1. The van der Waals surface area contributed by atoms with Crippen molar-refractivity contribution in [3.8, 4) is 11.3 Å². The molecule has 1 N–H and O–H groups in total. The maximum absolute atomic E-state index is 13.2. The Hall–Kier alpha value is -2.81. The number of carbonyl (C=O) groups excluding carboxylic acids is 1. The molecule has 1 aromatic heterocycles. The number of aryl methyl sites for hydroxylation is 1. The van der Waals surface area contributed by atoms with E-state index in [1.807, 2.05) is 0 Å². The molecule has 2 aromatic carbocycles. The van der Waals surface area contributed by atoms with Crippen molar-refractivity contribution in [1.29, 1.82) is 0 Å². The summed E-state index contributed by atoms with van der Waals surface area (Å²) in [6.07, 6.45) is -6.59. The second-order valence-corrected chi connectivity index (χ2v) is 7.15. The number of halogens is 4. The number of rotatable bonds is 4. The number of benzene rings is 2. The number of nitrogens with zero attached hydrogens (tertiary/aromatic N) is 1. The third-order valence-electron chi connectivity index (χ3n) is 4.18. The number of aromatic nitrogens is 1. The lowest BCUT2D eigenvalue weighted by Crippen LogP contribution is -2.19. The van der Waals surface area contributed by atoms with Crippen LogP contribution in [0.2, 0.25) is 0 Å². The van der Waals surface area contributed by atoms with E-state index in [1.54, 1.807) is 31.2 Å². The van der Waals surface area contributed by atoms with Crippen LogP contribution in [-0.4, -0.2) is 11.2 Å². The van der Waals surface area contributed by atoms with Crippen LogP contribution in [0.15, 0.2) is 57.5 Å². The van der Waals surface area contributed by atoms with Crippen LogP contribution >= 0.6 is 15.9 Å². The Morgan fingerprint density at radius 1 is 1.17 bits per heavy atom. The minimum absolute atomic E-state index is 0.134. The molecule has 0 spiro atoms. The molecular formula is C20H16BrF3N2O3. The number of hydrogen-bond donors (Lipinski definition) is 1. The number of nitrogens with one attached hydrogen (secondary N) is 1. The van der Waals surface area contributed by atoms with E-state index in [-0.39, 0.29) is 11.3 Å². The largest absolute Gasteiger partial charge is 0.441 e. The summed E-state index contributed by atoms with van der Waals surface area (Å²) in [5.74, 6) is 0.315. The van der Waals surface area contributed by atoms with E-state index in [0.717, 1.165) is 10.5 Å². The Morgan fingerprint density at radius 3 is 2.48 bits per heavy atom. The molecule has 0 fully saturated rings. The molecule has 3 aromatic rings. The predicted octanol–water partition coefficient (Wildman–Crippen LogP) is 6.74. The van der Waals surface area contributed by atoms with Gasteiger partial charge >= 0.3 is 12.3 Å². The Kier molecular flexibility index (Phi) is 5.97. The van der Waals surface area contributed by atoms with Crippen molar-refractivity contribution in [2.45, 2.75) is 26.1 Å². The molecule has 1 unspecified atom stereocenters. The fourth-order valence-electron chi connectivity index (χ4n) is 2.78. The first-order valence-electron chi connectivity index (χ1n) is 8.52. The number of anilines is 1. The van der Waals surface area contributed by atoms with Crippen molar-refractivity contribution < 1.29 is 27.2 Å².